The second-order valence-corrected chi connectivity index (χ2v) is 4.52. The highest BCUT2D eigenvalue weighted by Crippen LogP contribution is 2.36. The van der Waals surface area contributed by atoms with Crippen molar-refractivity contribution in [2.24, 2.45) is 5.10 Å². The van der Waals surface area contributed by atoms with E-state index in [4.69, 9.17) is 27.9 Å². The Morgan fingerprint density at radius 1 is 1.53 bits per heavy atom. The van der Waals surface area contributed by atoms with Crippen LogP contribution in [-0.2, 0) is 4.74 Å². The largest absolute Gasteiger partial charge is 0.487 e. The lowest BCUT2D eigenvalue weighted by molar-refractivity contribution is 0.171. The minimum Gasteiger partial charge on any atom is -0.487 e. The van der Waals surface area contributed by atoms with E-state index in [0.29, 0.717) is 22.4 Å². The van der Waals surface area contributed by atoms with E-state index in [1.165, 1.54) is 13.3 Å². The molecular weight excluding hydrogens is 291 g/mol. The molecule has 1 amide bonds. The molecule has 1 aromatic carbocycles. The number of methoxy groups -OCH3 is 1. The summed E-state index contributed by atoms with van der Waals surface area (Å²) in [4.78, 5) is 10.8. The number of rotatable bonds is 2. The Morgan fingerprint density at radius 2 is 2.32 bits per heavy atom. The summed E-state index contributed by atoms with van der Waals surface area (Å²) in [6, 6.07) is 3.36. The molecule has 1 heterocycles. The molecule has 0 aliphatic carbocycles. The molecule has 0 atom stereocenters. The first-order valence-corrected chi connectivity index (χ1v) is 6.05. The molecule has 19 heavy (non-hydrogen) atoms. The van der Waals surface area contributed by atoms with E-state index < -0.39 is 6.09 Å². The maximum atomic E-state index is 10.8. The summed E-state index contributed by atoms with van der Waals surface area (Å²) in [5.74, 6) is 0.587. The number of benzene rings is 1. The topological polar surface area (TPSA) is 59.9 Å². The van der Waals surface area contributed by atoms with Crippen molar-refractivity contribution in [2.75, 3.05) is 13.7 Å². The molecule has 0 bridgehead atoms. The first kappa shape index (κ1) is 13.7. The van der Waals surface area contributed by atoms with Gasteiger partial charge >= 0.3 is 6.09 Å². The molecule has 1 aliphatic rings. The van der Waals surface area contributed by atoms with Gasteiger partial charge in [0.2, 0.25) is 0 Å². The van der Waals surface area contributed by atoms with Crippen molar-refractivity contribution in [1.82, 2.24) is 5.43 Å². The average molecular weight is 301 g/mol. The monoisotopic (exact) mass is 300 g/mol. The lowest BCUT2D eigenvalue weighted by Crippen LogP contribution is -2.17. The molecular formula is C12H10Cl2N2O3. The van der Waals surface area contributed by atoms with Crippen molar-refractivity contribution in [3.63, 3.8) is 0 Å². The van der Waals surface area contributed by atoms with Crippen LogP contribution in [0.15, 0.2) is 22.8 Å². The molecule has 2 rings (SSSR count). The number of ether oxygens (including phenoxy) is 2. The first-order chi connectivity index (χ1) is 9.10. The SMILES string of the molecule is COC(=O)N/N=C/C1=Cc2cc(Cl)cc(Cl)c2OC1. The van der Waals surface area contributed by atoms with Crippen LogP contribution < -0.4 is 10.2 Å². The fourth-order valence-corrected chi connectivity index (χ4v) is 2.09. The Hall–Kier alpha value is -1.72. The smallest absolute Gasteiger partial charge is 0.427 e. The molecule has 5 nitrogen and oxygen atoms in total. The number of halogens is 2. The lowest BCUT2D eigenvalue weighted by Gasteiger charge is -2.17. The number of hydrazone groups is 1. The number of carbonyl (C=O) groups excluding carboxylic acids is 1. The minimum absolute atomic E-state index is 0.306. The first-order valence-electron chi connectivity index (χ1n) is 5.29. The zero-order valence-corrected chi connectivity index (χ0v) is 11.5. The summed E-state index contributed by atoms with van der Waals surface area (Å²) in [7, 11) is 1.26. The second kappa shape index (κ2) is 5.95. The summed E-state index contributed by atoms with van der Waals surface area (Å²) >= 11 is 11.9. The number of hydrogen-bond donors (Lipinski definition) is 1. The van der Waals surface area contributed by atoms with E-state index in [9.17, 15) is 4.79 Å². The van der Waals surface area contributed by atoms with Crippen LogP contribution in [0, 0.1) is 0 Å². The van der Waals surface area contributed by atoms with Gasteiger partial charge in [0.15, 0.2) is 0 Å². The third kappa shape index (κ3) is 3.39. The quantitative estimate of drug-likeness (QED) is 0.674. The number of amides is 1. The van der Waals surface area contributed by atoms with Crippen LogP contribution in [0.2, 0.25) is 10.0 Å². The number of carbonyl (C=O) groups is 1. The van der Waals surface area contributed by atoms with Crippen LogP contribution in [-0.4, -0.2) is 26.0 Å². The second-order valence-electron chi connectivity index (χ2n) is 3.68. The van der Waals surface area contributed by atoms with E-state index in [1.54, 1.807) is 12.1 Å². The van der Waals surface area contributed by atoms with E-state index in [1.807, 2.05) is 6.08 Å². The van der Waals surface area contributed by atoms with Gasteiger partial charge in [-0.3, -0.25) is 0 Å². The zero-order valence-electron chi connectivity index (χ0n) is 9.94. The fourth-order valence-electron chi connectivity index (χ4n) is 1.52. The number of nitrogens with zero attached hydrogens (tertiary/aromatic N) is 1. The van der Waals surface area contributed by atoms with Crippen molar-refractivity contribution < 1.29 is 14.3 Å². The molecule has 0 fully saturated rings. The number of hydrogen-bond acceptors (Lipinski definition) is 4. The molecule has 1 N–H and O–H groups in total. The molecule has 7 heteroatoms. The summed E-state index contributed by atoms with van der Waals surface area (Å²) < 4.78 is 9.89. The maximum Gasteiger partial charge on any atom is 0.427 e. The molecule has 1 aromatic rings. The minimum atomic E-state index is -0.639. The predicted octanol–water partition coefficient (Wildman–Crippen LogP) is 3.11. The maximum absolute atomic E-state index is 10.8. The molecule has 0 spiro atoms. The Kier molecular flexibility index (Phi) is 4.29. The third-order valence-corrected chi connectivity index (χ3v) is 2.83. The highest BCUT2D eigenvalue weighted by Gasteiger charge is 2.14. The van der Waals surface area contributed by atoms with Gasteiger partial charge in [0, 0.05) is 16.2 Å². The van der Waals surface area contributed by atoms with Gasteiger partial charge in [-0.2, -0.15) is 5.10 Å². The highest BCUT2D eigenvalue weighted by molar-refractivity contribution is 6.36. The highest BCUT2D eigenvalue weighted by atomic mass is 35.5. The zero-order chi connectivity index (χ0) is 13.8. The Labute approximate surface area is 119 Å². The van der Waals surface area contributed by atoms with Gasteiger partial charge in [0.25, 0.3) is 0 Å². The van der Waals surface area contributed by atoms with Gasteiger partial charge in [-0.25, -0.2) is 10.2 Å². The predicted molar refractivity (Wildman–Crippen MR) is 74.0 cm³/mol. The van der Waals surface area contributed by atoms with Crippen molar-refractivity contribution >= 4 is 41.6 Å². The number of fused-ring (bicyclic) bond motifs is 1. The van der Waals surface area contributed by atoms with Crippen LogP contribution in [0.4, 0.5) is 4.79 Å². The third-order valence-electron chi connectivity index (χ3n) is 2.33. The molecule has 0 radical (unpaired) electrons. The van der Waals surface area contributed by atoms with Crippen molar-refractivity contribution in [1.29, 1.82) is 0 Å². The van der Waals surface area contributed by atoms with Crippen LogP contribution in [0.3, 0.4) is 0 Å². The van der Waals surface area contributed by atoms with Crippen LogP contribution in [0.5, 0.6) is 5.75 Å². The van der Waals surface area contributed by atoms with Gasteiger partial charge in [-0.05, 0) is 18.2 Å². The number of nitrogens with one attached hydrogen (secondary N) is 1. The lowest BCUT2D eigenvalue weighted by atomic mass is 10.1. The van der Waals surface area contributed by atoms with Gasteiger partial charge < -0.3 is 9.47 Å². The summed E-state index contributed by atoms with van der Waals surface area (Å²) in [5, 5.41) is 4.70. The molecule has 1 aliphatic heterocycles. The van der Waals surface area contributed by atoms with Crippen molar-refractivity contribution in [3.05, 3.63) is 33.3 Å². The van der Waals surface area contributed by atoms with Crippen LogP contribution in [0.25, 0.3) is 6.08 Å². The standard InChI is InChI=1S/C12H10Cl2N2O3/c1-18-12(17)16-15-5-7-2-8-3-9(13)4-10(14)11(8)19-6-7/h2-5H,6H2,1H3,(H,16,17)/b15-5+. The average Bonchev–Trinajstić information content (AvgIpc) is 2.37. The summed E-state index contributed by atoms with van der Waals surface area (Å²) in [6.45, 7) is 0.306. The van der Waals surface area contributed by atoms with Crippen LogP contribution >= 0.6 is 23.2 Å². The van der Waals surface area contributed by atoms with Gasteiger partial charge in [-0.15, -0.1) is 0 Å². The van der Waals surface area contributed by atoms with Gasteiger partial charge in [-0.1, -0.05) is 23.2 Å². The summed E-state index contributed by atoms with van der Waals surface area (Å²) in [6.07, 6.45) is 2.66. The fraction of sp³-hybridized carbons (Fsp3) is 0.167. The molecule has 100 valence electrons. The van der Waals surface area contributed by atoms with Crippen molar-refractivity contribution in [2.45, 2.75) is 0 Å². The van der Waals surface area contributed by atoms with E-state index in [0.717, 1.165) is 11.1 Å². The van der Waals surface area contributed by atoms with Gasteiger partial charge in [0.05, 0.1) is 18.3 Å². The summed E-state index contributed by atoms with van der Waals surface area (Å²) in [5.41, 5.74) is 3.72. The molecule has 0 saturated heterocycles. The van der Waals surface area contributed by atoms with E-state index in [-0.39, 0.29) is 0 Å². The normalized spacial score (nSPS) is 13.5. The van der Waals surface area contributed by atoms with E-state index >= 15 is 0 Å². The van der Waals surface area contributed by atoms with Gasteiger partial charge in [0.1, 0.15) is 12.4 Å². The Bertz CT molecular complexity index is 570. The van der Waals surface area contributed by atoms with E-state index in [2.05, 4.69) is 15.3 Å². The molecule has 0 saturated carbocycles. The molecule has 0 aromatic heterocycles. The Balaban J connectivity index is 2.17. The van der Waals surface area contributed by atoms with Crippen LogP contribution in [0.1, 0.15) is 5.56 Å². The van der Waals surface area contributed by atoms with Crippen molar-refractivity contribution in [3.8, 4) is 5.75 Å². The molecule has 0 unspecified atom stereocenters. The Morgan fingerprint density at radius 3 is 3.05 bits per heavy atom.